The van der Waals surface area contributed by atoms with Crippen LogP contribution >= 0.6 is 0 Å². The molecule has 2 aromatic heterocycles. The van der Waals surface area contributed by atoms with E-state index < -0.39 is 0 Å². The molecule has 0 bridgehead atoms. The highest BCUT2D eigenvalue weighted by Gasteiger charge is 2.06. The van der Waals surface area contributed by atoms with Gasteiger partial charge in [0, 0.05) is 48.4 Å². The molecule has 5 nitrogen and oxygen atoms in total. The quantitative estimate of drug-likeness (QED) is 0.543. The van der Waals surface area contributed by atoms with Crippen LogP contribution in [0.2, 0.25) is 0 Å². The molecule has 2 heterocycles. The van der Waals surface area contributed by atoms with Crippen molar-refractivity contribution in [1.82, 2.24) is 19.4 Å². The number of hydrogen-bond donors (Lipinski definition) is 1. The minimum atomic E-state index is -0.0421. The van der Waals surface area contributed by atoms with Gasteiger partial charge in [0.2, 0.25) is 0 Å². The lowest BCUT2D eigenvalue weighted by atomic mass is 10.2. The van der Waals surface area contributed by atoms with E-state index in [1.165, 1.54) is 10.9 Å². The van der Waals surface area contributed by atoms with Gasteiger partial charge in [-0.2, -0.15) is 0 Å². The summed E-state index contributed by atoms with van der Waals surface area (Å²) in [6, 6.07) is 18.0. The lowest BCUT2D eigenvalue weighted by molar-refractivity contribution is 0.0953. The molecule has 0 aliphatic carbocycles. The van der Waals surface area contributed by atoms with Gasteiger partial charge < -0.3 is 14.5 Å². The van der Waals surface area contributed by atoms with Gasteiger partial charge in [0.25, 0.3) is 5.91 Å². The van der Waals surface area contributed by atoms with Gasteiger partial charge in [-0.1, -0.05) is 18.2 Å². The van der Waals surface area contributed by atoms with Crippen LogP contribution in [0.1, 0.15) is 16.8 Å². The van der Waals surface area contributed by atoms with Crippen LogP contribution in [0.3, 0.4) is 0 Å². The van der Waals surface area contributed by atoms with Crippen LogP contribution in [0.5, 0.6) is 0 Å². The summed E-state index contributed by atoms with van der Waals surface area (Å²) >= 11 is 0. The first-order valence-corrected chi connectivity index (χ1v) is 8.72. The Morgan fingerprint density at radius 3 is 2.65 bits per heavy atom. The highest BCUT2D eigenvalue weighted by Crippen LogP contribution is 2.15. The highest BCUT2D eigenvalue weighted by atomic mass is 16.1. The molecule has 0 fully saturated rings. The molecule has 0 saturated carbocycles. The molecular weight excluding hydrogens is 324 g/mol. The van der Waals surface area contributed by atoms with Crippen molar-refractivity contribution in [3.05, 3.63) is 85.1 Å². The average Bonchev–Trinajstić information content (AvgIpc) is 3.35. The predicted molar refractivity (Wildman–Crippen MR) is 102 cm³/mol. The predicted octanol–water partition coefficient (Wildman–Crippen LogP) is 3.65. The number of aryl methyl sites for hydroxylation is 1. The van der Waals surface area contributed by atoms with Crippen LogP contribution < -0.4 is 5.32 Å². The van der Waals surface area contributed by atoms with E-state index in [0.717, 1.165) is 18.7 Å². The minimum Gasteiger partial charge on any atom is -0.352 e. The Kier molecular flexibility index (Phi) is 4.51. The van der Waals surface area contributed by atoms with Crippen molar-refractivity contribution in [3.63, 3.8) is 0 Å². The number of carbonyl (C=O) groups excluding carboxylic acids is 1. The number of hydrogen-bond acceptors (Lipinski definition) is 2. The Balaban J connectivity index is 1.30. The molecule has 26 heavy (non-hydrogen) atoms. The first kappa shape index (κ1) is 16.1. The first-order valence-electron chi connectivity index (χ1n) is 8.72. The molecule has 4 rings (SSSR count). The summed E-state index contributed by atoms with van der Waals surface area (Å²) in [5.74, 6) is -0.0421. The Bertz CT molecular complexity index is 1000. The third-order valence-corrected chi connectivity index (χ3v) is 4.47. The van der Waals surface area contributed by atoms with Crippen molar-refractivity contribution in [1.29, 1.82) is 0 Å². The molecule has 1 amide bonds. The van der Waals surface area contributed by atoms with Crippen molar-refractivity contribution < 1.29 is 4.79 Å². The van der Waals surface area contributed by atoms with Crippen LogP contribution in [-0.4, -0.2) is 26.6 Å². The summed E-state index contributed by atoms with van der Waals surface area (Å²) in [6.45, 7) is 1.53. The van der Waals surface area contributed by atoms with Crippen LogP contribution in [0.4, 0.5) is 0 Å². The van der Waals surface area contributed by atoms with Gasteiger partial charge in [0.1, 0.15) is 0 Å². The molecule has 0 saturated heterocycles. The molecule has 0 aliphatic rings. The van der Waals surface area contributed by atoms with Gasteiger partial charge in [-0.15, -0.1) is 0 Å². The van der Waals surface area contributed by atoms with E-state index in [0.29, 0.717) is 12.1 Å². The summed E-state index contributed by atoms with van der Waals surface area (Å²) in [5.41, 5.74) is 2.88. The van der Waals surface area contributed by atoms with E-state index in [2.05, 4.69) is 39.3 Å². The average molecular weight is 344 g/mol. The number of carbonyl (C=O) groups is 1. The summed E-state index contributed by atoms with van der Waals surface area (Å²) in [4.78, 5) is 16.3. The second-order valence-electron chi connectivity index (χ2n) is 6.19. The number of nitrogens with one attached hydrogen (secondary N) is 1. The second-order valence-corrected chi connectivity index (χ2v) is 6.19. The molecule has 5 heteroatoms. The smallest absolute Gasteiger partial charge is 0.251 e. The molecule has 4 aromatic rings. The zero-order valence-electron chi connectivity index (χ0n) is 14.4. The fourth-order valence-electron chi connectivity index (χ4n) is 3.09. The van der Waals surface area contributed by atoms with Crippen molar-refractivity contribution >= 4 is 16.8 Å². The maximum absolute atomic E-state index is 12.3. The van der Waals surface area contributed by atoms with Crippen molar-refractivity contribution in [2.45, 2.75) is 13.0 Å². The summed E-state index contributed by atoms with van der Waals surface area (Å²) in [5, 5.41) is 4.24. The zero-order valence-corrected chi connectivity index (χ0v) is 14.4. The van der Waals surface area contributed by atoms with Crippen molar-refractivity contribution in [3.8, 4) is 5.69 Å². The Hall–Kier alpha value is -3.34. The number of amides is 1. The van der Waals surface area contributed by atoms with Crippen LogP contribution in [0.15, 0.2) is 79.5 Å². The lowest BCUT2D eigenvalue weighted by Crippen LogP contribution is -2.25. The number of rotatable bonds is 6. The Morgan fingerprint density at radius 2 is 1.85 bits per heavy atom. The molecule has 0 spiro atoms. The molecule has 0 unspecified atom stereocenters. The van der Waals surface area contributed by atoms with Crippen LogP contribution in [0.25, 0.3) is 16.6 Å². The Labute approximate surface area is 151 Å². The van der Waals surface area contributed by atoms with Gasteiger partial charge in [0.15, 0.2) is 0 Å². The lowest BCUT2D eigenvalue weighted by Gasteiger charge is -2.08. The zero-order chi connectivity index (χ0) is 17.8. The van der Waals surface area contributed by atoms with Gasteiger partial charge in [-0.05, 0) is 48.2 Å². The number of fused-ring (bicyclic) bond motifs is 1. The monoisotopic (exact) mass is 344 g/mol. The maximum atomic E-state index is 12.3. The normalized spacial score (nSPS) is 10.9. The van der Waals surface area contributed by atoms with E-state index in [4.69, 9.17) is 0 Å². The Morgan fingerprint density at radius 1 is 1.00 bits per heavy atom. The van der Waals surface area contributed by atoms with Gasteiger partial charge in [-0.3, -0.25) is 4.79 Å². The number of nitrogens with zero attached hydrogens (tertiary/aromatic N) is 3. The summed E-state index contributed by atoms with van der Waals surface area (Å²) < 4.78 is 4.13. The molecule has 0 atom stereocenters. The van der Waals surface area contributed by atoms with Crippen LogP contribution in [-0.2, 0) is 6.54 Å². The van der Waals surface area contributed by atoms with Crippen LogP contribution in [0, 0.1) is 0 Å². The van der Waals surface area contributed by atoms with Gasteiger partial charge in [-0.25, -0.2) is 4.98 Å². The fourth-order valence-corrected chi connectivity index (χ4v) is 3.09. The first-order chi connectivity index (χ1) is 12.8. The molecular formula is C21H20N4O. The number of aromatic nitrogens is 3. The number of para-hydroxylation sites is 1. The molecule has 0 aliphatic heterocycles. The van der Waals surface area contributed by atoms with Crippen molar-refractivity contribution in [2.75, 3.05) is 6.54 Å². The van der Waals surface area contributed by atoms with E-state index in [1.807, 2.05) is 47.2 Å². The second kappa shape index (κ2) is 7.27. The molecule has 1 N–H and O–H groups in total. The van der Waals surface area contributed by atoms with E-state index in [9.17, 15) is 4.79 Å². The van der Waals surface area contributed by atoms with Gasteiger partial charge in [0.05, 0.1) is 6.33 Å². The molecule has 0 radical (unpaired) electrons. The summed E-state index contributed by atoms with van der Waals surface area (Å²) in [7, 11) is 0. The third-order valence-electron chi connectivity index (χ3n) is 4.47. The standard InChI is InChI=1S/C21H20N4O/c26-21(18-6-8-19(9-7-18)25-15-12-22-16-25)23-11-3-13-24-14-10-17-4-1-2-5-20(17)24/h1-2,4-10,12,14-16H,3,11,13H2,(H,23,26). The number of imidazole rings is 1. The van der Waals surface area contributed by atoms with E-state index >= 15 is 0 Å². The SMILES string of the molecule is O=C(NCCCn1ccc2ccccc21)c1ccc(-n2ccnc2)cc1. The largest absolute Gasteiger partial charge is 0.352 e. The molecule has 2 aromatic carbocycles. The summed E-state index contributed by atoms with van der Waals surface area (Å²) in [6.07, 6.45) is 8.33. The minimum absolute atomic E-state index is 0.0421. The highest BCUT2D eigenvalue weighted by molar-refractivity contribution is 5.94. The van der Waals surface area contributed by atoms with Gasteiger partial charge >= 0.3 is 0 Å². The third kappa shape index (κ3) is 3.37. The topological polar surface area (TPSA) is 51.9 Å². The van der Waals surface area contributed by atoms with E-state index in [-0.39, 0.29) is 5.91 Å². The maximum Gasteiger partial charge on any atom is 0.251 e. The van der Waals surface area contributed by atoms with Crippen molar-refractivity contribution in [2.24, 2.45) is 0 Å². The molecule has 130 valence electrons. The fraction of sp³-hybridized carbons (Fsp3) is 0.143. The van der Waals surface area contributed by atoms with E-state index in [1.54, 1.807) is 12.5 Å². The number of benzene rings is 2.